The van der Waals surface area contributed by atoms with Crippen molar-refractivity contribution >= 4 is 40.2 Å². The molecule has 0 radical (unpaired) electrons. The summed E-state index contributed by atoms with van der Waals surface area (Å²) in [7, 11) is 3.09. The minimum Gasteiger partial charge on any atom is -0.497 e. The van der Waals surface area contributed by atoms with E-state index in [4.69, 9.17) is 21.1 Å². The number of aromatic nitrogens is 2. The summed E-state index contributed by atoms with van der Waals surface area (Å²) in [5, 5.41) is 3.53. The molecule has 1 N–H and O–H groups in total. The number of rotatable bonds is 4. The normalized spacial score (nSPS) is 14.0. The molecule has 1 fully saturated rings. The number of urea groups is 1. The van der Waals surface area contributed by atoms with Crippen molar-refractivity contribution in [1.82, 2.24) is 14.9 Å². The van der Waals surface area contributed by atoms with Crippen LogP contribution in [0, 0.1) is 0 Å². The zero-order chi connectivity index (χ0) is 21.1. The van der Waals surface area contributed by atoms with Crippen molar-refractivity contribution in [3.05, 3.63) is 47.5 Å². The largest absolute Gasteiger partial charge is 0.497 e. The van der Waals surface area contributed by atoms with Gasteiger partial charge in [0.25, 0.3) is 5.88 Å². The predicted octanol–water partition coefficient (Wildman–Crippen LogP) is 3.65. The van der Waals surface area contributed by atoms with E-state index in [1.54, 1.807) is 30.2 Å². The predicted molar refractivity (Wildman–Crippen MR) is 117 cm³/mol. The second kappa shape index (κ2) is 8.62. The van der Waals surface area contributed by atoms with Crippen molar-refractivity contribution in [2.24, 2.45) is 0 Å². The topological polar surface area (TPSA) is 79.8 Å². The molecule has 0 bridgehead atoms. The van der Waals surface area contributed by atoms with Crippen LogP contribution in [0.15, 0.2) is 42.5 Å². The van der Waals surface area contributed by atoms with Gasteiger partial charge < -0.3 is 19.3 Å². The van der Waals surface area contributed by atoms with Gasteiger partial charge in [0.2, 0.25) is 0 Å². The third-order valence-corrected chi connectivity index (χ3v) is 5.23. The lowest BCUT2D eigenvalue weighted by Crippen LogP contribution is -2.50. The Balaban J connectivity index is 1.46. The van der Waals surface area contributed by atoms with Crippen molar-refractivity contribution in [3.8, 4) is 11.6 Å². The first kappa shape index (κ1) is 20.0. The molecular formula is C21H22ClN5O3. The molecule has 0 unspecified atom stereocenters. The number of nitrogens with one attached hydrogen (secondary N) is 1. The van der Waals surface area contributed by atoms with Crippen LogP contribution in [0.3, 0.4) is 0 Å². The highest BCUT2D eigenvalue weighted by molar-refractivity contribution is 6.30. The lowest BCUT2D eigenvalue weighted by Gasteiger charge is -2.36. The Morgan fingerprint density at radius 2 is 1.80 bits per heavy atom. The zero-order valence-corrected chi connectivity index (χ0v) is 17.5. The van der Waals surface area contributed by atoms with E-state index in [0.717, 1.165) is 5.69 Å². The number of nitrogens with zero attached hydrogens (tertiary/aromatic N) is 4. The third-order valence-electron chi connectivity index (χ3n) is 5.00. The summed E-state index contributed by atoms with van der Waals surface area (Å²) in [6, 6.07) is 12.8. The van der Waals surface area contributed by atoms with Crippen LogP contribution in [0.5, 0.6) is 11.6 Å². The Morgan fingerprint density at radius 1 is 1.00 bits per heavy atom. The Kier molecular flexibility index (Phi) is 5.76. The lowest BCUT2D eigenvalue weighted by molar-refractivity contribution is 0.208. The molecule has 2 heterocycles. The second-order valence-corrected chi connectivity index (χ2v) is 7.26. The molecule has 30 heavy (non-hydrogen) atoms. The minimum absolute atomic E-state index is 0.240. The van der Waals surface area contributed by atoms with Gasteiger partial charge in [-0.25, -0.2) is 14.8 Å². The van der Waals surface area contributed by atoms with Crippen LogP contribution in [0.25, 0.3) is 11.0 Å². The molecule has 8 nitrogen and oxygen atoms in total. The molecule has 1 saturated heterocycles. The van der Waals surface area contributed by atoms with Crippen molar-refractivity contribution < 1.29 is 14.3 Å². The smallest absolute Gasteiger partial charge is 0.323 e. The van der Waals surface area contributed by atoms with Crippen molar-refractivity contribution in [2.45, 2.75) is 0 Å². The SMILES string of the molecule is COc1ccc2nc(OC)c(NC(=O)N3CCN(c4cccc(Cl)c4)CC3)nc2c1. The highest BCUT2D eigenvalue weighted by Crippen LogP contribution is 2.26. The van der Waals surface area contributed by atoms with Gasteiger partial charge in [0.1, 0.15) is 5.75 Å². The first-order valence-corrected chi connectivity index (χ1v) is 9.91. The Labute approximate surface area is 179 Å². The van der Waals surface area contributed by atoms with Crippen molar-refractivity contribution in [1.29, 1.82) is 0 Å². The average molecular weight is 428 g/mol. The highest BCUT2D eigenvalue weighted by Gasteiger charge is 2.23. The number of benzene rings is 2. The number of ether oxygens (including phenoxy) is 2. The summed E-state index contributed by atoms with van der Waals surface area (Å²) in [6.07, 6.45) is 0. The first-order chi connectivity index (χ1) is 14.6. The molecule has 0 saturated carbocycles. The zero-order valence-electron chi connectivity index (χ0n) is 16.8. The third kappa shape index (κ3) is 4.18. The number of piperazine rings is 1. The quantitative estimate of drug-likeness (QED) is 0.684. The van der Waals surface area contributed by atoms with Gasteiger partial charge >= 0.3 is 6.03 Å². The number of anilines is 2. The molecule has 3 aromatic rings. The number of fused-ring (bicyclic) bond motifs is 1. The van der Waals surface area contributed by atoms with E-state index in [1.807, 2.05) is 24.3 Å². The highest BCUT2D eigenvalue weighted by atomic mass is 35.5. The van der Waals surface area contributed by atoms with Gasteiger partial charge in [-0.15, -0.1) is 0 Å². The van der Waals surface area contributed by atoms with Gasteiger partial charge in [-0.3, -0.25) is 5.32 Å². The Morgan fingerprint density at radius 3 is 2.50 bits per heavy atom. The van der Waals surface area contributed by atoms with Gasteiger partial charge in [0.05, 0.1) is 25.3 Å². The molecule has 0 aliphatic carbocycles. The molecule has 156 valence electrons. The first-order valence-electron chi connectivity index (χ1n) is 9.53. The fraction of sp³-hybridized carbons (Fsp3) is 0.286. The number of methoxy groups -OCH3 is 2. The summed E-state index contributed by atoms with van der Waals surface area (Å²) in [6.45, 7) is 2.59. The molecule has 1 aliphatic rings. The van der Waals surface area contributed by atoms with Crippen LogP contribution < -0.4 is 19.7 Å². The van der Waals surface area contributed by atoms with Crippen LogP contribution in [0.4, 0.5) is 16.3 Å². The molecule has 9 heteroatoms. The van der Waals surface area contributed by atoms with E-state index < -0.39 is 0 Å². The summed E-state index contributed by atoms with van der Waals surface area (Å²) >= 11 is 6.09. The van der Waals surface area contributed by atoms with E-state index >= 15 is 0 Å². The summed E-state index contributed by atoms with van der Waals surface area (Å²) in [5.41, 5.74) is 2.32. The van der Waals surface area contributed by atoms with Gasteiger partial charge in [0, 0.05) is 43.0 Å². The van der Waals surface area contributed by atoms with Crippen LogP contribution in [-0.4, -0.2) is 61.3 Å². The molecular weight excluding hydrogens is 406 g/mol. The summed E-state index contributed by atoms with van der Waals surface area (Å²) in [5.74, 6) is 1.20. The van der Waals surface area contributed by atoms with Crippen LogP contribution >= 0.6 is 11.6 Å². The van der Waals surface area contributed by atoms with E-state index in [0.29, 0.717) is 48.0 Å². The molecule has 0 atom stereocenters. The number of halogens is 1. The maximum Gasteiger partial charge on any atom is 0.323 e. The number of hydrogen-bond donors (Lipinski definition) is 1. The Hall–Kier alpha value is -3.26. The van der Waals surface area contributed by atoms with Gasteiger partial charge in [-0.1, -0.05) is 17.7 Å². The van der Waals surface area contributed by atoms with Crippen LogP contribution in [0.1, 0.15) is 0 Å². The van der Waals surface area contributed by atoms with E-state index in [1.165, 1.54) is 7.11 Å². The standard InChI is InChI=1S/C21H22ClN5O3/c1-29-16-6-7-17-18(13-16)23-19(20(24-17)30-2)25-21(28)27-10-8-26(9-11-27)15-5-3-4-14(22)12-15/h3-7,12-13H,8-11H2,1-2H3,(H,23,25,28). The van der Waals surface area contributed by atoms with Crippen molar-refractivity contribution in [2.75, 3.05) is 50.6 Å². The summed E-state index contributed by atoms with van der Waals surface area (Å²) < 4.78 is 10.6. The average Bonchev–Trinajstić information content (AvgIpc) is 2.78. The van der Waals surface area contributed by atoms with Gasteiger partial charge in [-0.2, -0.15) is 0 Å². The fourth-order valence-electron chi connectivity index (χ4n) is 3.39. The lowest BCUT2D eigenvalue weighted by atomic mass is 10.2. The van der Waals surface area contributed by atoms with Crippen LogP contribution in [-0.2, 0) is 0 Å². The monoisotopic (exact) mass is 427 g/mol. The van der Waals surface area contributed by atoms with E-state index in [9.17, 15) is 4.79 Å². The number of carbonyl (C=O) groups is 1. The van der Waals surface area contributed by atoms with E-state index in [-0.39, 0.29) is 17.7 Å². The maximum atomic E-state index is 12.8. The molecule has 0 spiro atoms. The Bertz CT molecular complexity index is 1070. The molecule has 2 amide bonds. The molecule has 1 aromatic heterocycles. The number of amides is 2. The van der Waals surface area contributed by atoms with Crippen molar-refractivity contribution in [3.63, 3.8) is 0 Å². The van der Waals surface area contributed by atoms with Gasteiger partial charge in [0.15, 0.2) is 5.82 Å². The second-order valence-electron chi connectivity index (χ2n) is 6.82. The fourth-order valence-corrected chi connectivity index (χ4v) is 3.57. The summed E-state index contributed by atoms with van der Waals surface area (Å²) in [4.78, 5) is 25.7. The van der Waals surface area contributed by atoms with Gasteiger partial charge in [-0.05, 0) is 30.3 Å². The molecule has 2 aromatic carbocycles. The number of carbonyl (C=O) groups excluding carboxylic acids is 1. The molecule has 1 aliphatic heterocycles. The minimum atomic E-state index is -0.240. The van der Waals surface area contributed by atoms with Crippen LogP contribution in [0.2, 0.25) is 5.02 Å². The molecule has 4 rings (SSSR count). The maximum absolute atomic E-state index is 12.8. The number of hydrogen-bond acceptors (Lipinski definition) is 6. The van der Waals surface area contributed by atoms with E-state index in [2.05, 4.69) is 20.2 Å².